The number of aromatic nitrogens is 4. The fraction of sp³-hybridized carbons (Fsp3) is 0.280. The van der Waals surface area contributed by atoms with Gasteiger partial charge in [-0.05, 0) is 40.2 Å². The number of piperidine rings is 1. The van der Waals surface area contributed by atoms with Gasteiger partial charge in [0.15, 0.2) is 0 Å². The molecule has 0 saturated carbocycles. The first-order chi connectivity index (χ1) is 17.0. The Balaban J connectivity index is 1.21. The van der Waals surface area contributed by atoms with Crippen LogP contribution in [0.5, 0.6) is 5.88 Å². The van der Waals surface area contributed by atoms with E-state index >= 15 is 0 Å². The van der Waals surface area contributed by atoms with Gasteiger partial charge >= 0.3 is 0 Å². The third-order valence-electron chi connectivity index (χ3n) is 7.20. The molecule has 4 aromatic rings. The number of ether oxygens (including phenoxy) is 1. The molecule has 9 nitrogen and oxygen atoms in total. The van der Waals surface area contributed by atoms with Crippen molar-refractivity contribution in [3.63, 3.8) is 0 Å². The Hall–Kier alpha value is -3.52. The molecule has 0 amide bonds. The van der Waals surface area contributed by atoms with Gasteiger partial charge in [0.25, 0.3) is 0 Å². The minimum absolute atomic E-state index is 0.0523. The van der Waals surface area contributed by atoms with Crippen LogP contribution < -0.4 is 9.64 Å². The highest BCUT2D eigenvalue weighted by molar-refractivity contribution is 9.10. The summed E-state index contributed by atoms with van der Waals surface area (Å²) in [5.74, 6) is 1.46. The van der Waals surface area contributed by atoms with E-state index < -0.39 is 0 Å². The number of halogens is 1. The number of fused-ring (bicyclic) bond motifs is 3. The quantitative estimate of drug-likeness (QED) is 0.390. The minimum Gasteiger partial charge on any atom is -0.481 e. The summed E-state index contributed by atoms with van der Waals surface area (Å²) in [5.41, 5.74) is 4.10. The molecule has 7 heterocycles. The Morgan fingerprint density at radius 2 is 2.00 bits per heavy atom. The van der Waals surface area contributed by atoms with Crippen molar-refractivity contribution in [2.75, 3.05) is 25.1 Å². The van der Waals surface area contributed by atoms with Crippen molar-refractivity contribution in [3.8, 4) is 23.1 Å². The van der Waals surface area contributed by atoms with Crippen LogP contribution in [0.4, 0.5) is 5.82 Å². The Morgan fingerprint density at radius 1 is 1.17 bits per heavy atom. The lowest BCUT2D eigenvalue weighted by Gasteiger charge is -2.58. The number of hydrogen-bond donors (Lipinski definition) is 1. The number of anilines is 1. The molecule has 3 aliphatic rings. The van der Waals surface area contributed by atoms with Crippen LogP contribution in [-0.2, 0) is 6.54 Å². The van der Waals surface area contributed by atoms with E-state index in [4.69, 9.17) is 9.72 Å². The highest BCUT2D eigenvalue weighted by atomic mass is 79.9. The smallest absolute Gasteiger partial charge is 0.212 e. The number of hydroxylamine groups is 3. The van der Waals surface area contributed by atoms with Crippen molar-refractivity contribution >= 4 is 27.3 Å². The van der Waals surface area contributed by atoms with Crippen LogP contribution in [0.25, 0.3) is 16.6 Å². The number of hydrogen-bond acceptors (Lipinski definition) is 7. The molecule has 2 atom stereocenters. The van der Waals surface area contributed by atoms with Gasteiger partial charge < -0.3 is 9.64 Å². The Labute approximate surface area is 210 Å². The summed E-state index contributed by atoms with van der Waals surface area (Å²) in [4.78, 5) is 11.3. The molecule has 0 aliphatic carbocycles. The average Bonchev–Trinajstić information content (AvgIpc) is 3.31. The predicted octanol–water partition coefficient (Wildman–Crippen LogP) is 3.80. The van der Waals surface area contributed by atoms with Crippen molar-refractivity contribution in [2.45, 2.75) is 25.0 Å². The number of nitriles is 1. The molecule has 3 fully saturated rings. The van der Waals surface area contributed by atoms with Gasteiger partial charge in [-0.25, -0.2) is 19.7 Å². The van der Waals surface area contributed by atoms with E-state index in [1.54, 1.807) is 24.0 Å². The number of piperazine rings is 1. The van der Waals surface area contributed by atoms with Crippen LogP contribution >= 0.6 is 15.9 Å². The molecule has 35 heavy (non-hydrogen) atoms. The zero-order valence-corrected chi connectivity index (χ0v) is 20.6. The van der Waals surface area contributed by atoms with E-state index in [0.717, 1.165) is 52.0 Å². The average molecular weight is 533 g/mol. The highest BCUT2D eigenvalue weighted by Crippen LogP contribution is 2.41. The van der Waals surface area contributed by atoms with Gasteiger partial charge in [0, 0.05) is 45.8 Å². The van der Waals surface area contributed by atoms with Crippen molar-refractivity contribution in [3.05, 3.63) is 70.7 Å². The maximum absolute atomic E-state index is 11.4. The van der Waals surface area contributed by atoms with Crippen LogP contribution in [0, 0.1) is 11.3 Å². The summed E-state index contributed by atoms with van der Waals surface area (Å²) in [5, 5.41) is 25.2. The van der Waals surface area contributed by atoms with Crippen LogP contribution in [0.2, 0.25) is 0 Å². The van der Waals surface area contributed by atoms with Crippen LogP contribution in [0.15, 0.2) is 59.6 Å². The second-order valence-electron chi connectivity index (χ2n) is 9.14. The number of nitrogens with zero attached hydrogens (tertiary/aromatic N) is 7. The van der Waals surface area contributed by atoms with E-state index in [1.165, 1.54) is 0 Å². The molecular weight excluding hydrogens is 510 g/mol. The standard InChI is InChI=1S/C25H23BrN7O2/c1-35-24-5-2-16(9-29-24)15-33(34)20-7-21(33)14-31(13-20)23-4-3-17(10-28-23)22-6-19(26)12-32-25(22)18(8-27)11-30-32/h2-6,9-12,20-21,34H,7,13-15H2,1H3/q+1. The Morgan fingerprint density at radius 3 is 2.66 bits per heavy atom. The summed E-state index contributed by atoms with van der Waals surface area (Å²) in [6.45, 7) is 2.02. The summed E-state index contributed by atoms with van der Waals surface area (Å²) >= 11 is 3.53. The minimum atomic E-state index is 0.0523. The second kappa shape index (κ2) is 8.30. The van der Waals surface area contributed by atoms with E-state index in [-0.39, 0.29) is 16.7 Å². The molecule has 1 N–H and O–H groups in total. The number of quaternary nitrogens is 1. The van der Waals surface area contributed by atoms with Gasteiger partial charge in [-0.2, -0.15) is 15.0 Å². The van der Waals surface area contributed by atoms with E-state index in [9.17, 15) is 10.5 Å². The summed E-state index contributed by atoms with van der Waals surface area (Å²) in [7, 11) is 1.60. The van der Waals surface area contributed by atoms with E-state index in [1.807, 2.05) is 42.7 Å². The fourth-order valence-electron chi connectivity index (χ4n) is 5.34. The molecule has 176 valence electrons. The van der Waals surface area contributed by atoms with Crippen LogP contribution in [0.1, 0.15) is 17.5 Å². The normalized spacial score (nSPS) is 23.1. The van der Waals surface area contributed by atoms with Crippen molar-refractivity contribution < 1.29 is 14.6 Å². The topological polar surface area (TPSA) is 99.6 Å². The van der Waals surface area contributed by atoms with Gasteiger partial charge in [0.05, 0.1) is 43.9 Å². The molecule has 3 aliphatic heterocycles. The molecule has 10 heteroatoms. The first kappa shape index (κ1) is 22.0. The van der Waals surface area contributed by atoms with Gasteiger partial charge in [-0.1, -0.05) is 0 Å². The van der Waals surface area contributed by atoms with Crippen LogP contribution in [-0.4, -0.2) is 61.7 Å². The molecule has 7 rings (SSSR count). The molecule has 2 bridgehead atoms. The summed E-state index contributed by atoms with van der Waals surface area (Å²) in [6, 6.07) is 12.3. The molecule has 4 aromatic heterocycles. The lowest BCUT2D eigenvalue weighted by molar-refractivity contribution is -1.18. The molecular formula is C25H23BrN7O2+. The van der Waals surface area contributed by atoms with E-state index in [0.29, 0.717) is 18.0 Å². The van der Waals surface area contributed by atoms with Gasteiger partial charge in [-0.3, -0.25) is 0 Å². The maximum atomic E-state index is 11.4. The zero-order chi connectivity index (χ0) is 24.2. The lowest BCUT2D eigenvalue weighted by atomic mass is 9.85. The SMILES string of the molecule is COc1ccc(C[N+]2(O)C3CC2CN(c2ccc(-c4cc(Br)cn5ncc(C#N)c45)cn2)C3)cn1. The molecule has 0 spiro atoms. The number of pyridine rings is 3. The second-order valence-corrected chi connectivity index (χ2v) is 10.1. The Bertz CT molecular complexity index is 1430. The first-order valence-corrected chi connectivity index (χ1v) is 12.2. The van der Waals surface area contributed by atoms with Crippen molar-refractivity contribution in [1.29, 1.82) is 5.26 Å². The molecule has 0 radical (unpaired) electrons. The fourth-order valence-corrected chi connectivity index (χ4v) is 5.76. The highest BCUT2D eigenvalue weighted by Gasteiger charge is 2.60. The monoisotopic (exact) mass is 532 g/mol. The Kier molecular flexibility index (Phi) is 5.21. The largest absolute Gasteiger partial charge is 0.481 e. The zero-order valence-electron chi connectivity index (χ0n) is 19.0. The molecule has 2 unspecified atom stereocenters. The van der Waals surface area contributed by atoms with Crippen LogP contribution in [0.3, 0.4) is 0 Å². The van der Waals surface area contributed by atoms with Crippen molar-refractivity contribution in [1.82, 2.24) is 19.6 Å². The third kappa shape index (κ3) is 3.63. The van der Waals surface area contributed by atoms with Gasteiger partial charge in [0.1, 0.15) is 30.5 Å². The number of methoxy groups -OCH3 is 1. The molecule has 3 saturated heterocycles. The summed E-state index contributed by atoms with van der Waals surface area (Å²) in [6.07, 6.45) is 8.04. The number of rotatable bonds is 5. The summed E-state index contributed by atoms with van der Waals surface area (Å²) < 4.78 is 7.77. The maximum Gasteiger partial charge on any atom is 0.212 e. The van der Waals surface area contributed by atoms with Gasteiger partial charge in [0.2, 0.25) is 5.88 Å². The third-order valence-corrected chi connectivity index (χ3v) is 7.63. The predicted molar refractivity (Wildman–Crippen MR) is 132 cm³/mol. The molecule has 0 aromatic carbocycles. The van der Waals surface area contributed by atoms with Crippen molar-refractivity contribution in [2.24, 2.45) is 0 Å². The van der Waals surface area contributed by atoms with Gasteiger partial charge in [-0.15, -0.1) is 0 Å². The van der Waals surface area contributed by atoms with E-state index in [2.05, 4.69) is 37.0 Å². The lowest BCUT2D eigenvalue weighted by Crippen LogP contribution is -2.78. The first-order valence-electron chi connectivity index (χ1n) is 11.4.